The highest BCUT2D eigenvalue weighted by molar-refractivity contribution is 7.17. The lowest BCUT2D eigenvalue weighted by molar-refractivity contribution is -0.146. The minimum Gasteiger partial charge on any atom is -0.481 e. The van der Waals surface area contributed by atoms with E-state index in [0.29, 0.717) is 30.0 Å². The number of hydrogen-bond donors (Lipinski definition) is 2. The number of ether oxygens (including phenoxy) is 1. The molecule has 0 saturated carbocycles. The molecule has 152 valence electrons. The molecule has 6 nitrogen and oxygen atoms in total. The van der Waals surface area contributed by atoms with Crippen LogP contribution in [-0.2, 0) is 27.2 Å². The highest BCUT2D eigenvalue weighted by Gasteiger charge is 2.35. The van der Waals surface area contributed by atoms with E-state index in [1.165, 1.54) is 11.3 Å². The van der Waals surface area contributed by atoms with Gasteiger partial charge in [-0.05, 0) is 50.5 Å². The first-order chi connectivity index (χ1) is 13.5. The molecular weight excluding hydrogens is 378 g/mol. The van der Waals surface area contributed by atoms with Crippen LogP contribution in [0, 0.1) is 11.8 Å². The molecule has 28 heavy (non-hydrogen) atoms. The van der Waals surface area contributed by atoms with Crippen LogP contribution in [0.15, 0.2) is 12.2 Å². The second kappa shape index (κ2) is 9.37. The Hall–Kier alpha value is -2.15. The molecule has 2 aliphatic rings. The van der Waals surface area contributed by atoms with E-state index >= 15 is 0 Å². The van der Waals surface area contributed by atoms with Crippen molar-refractivity contribution >= 4 is 34.2 Å². The number of amides is 1. The standard InChI is InChI=1S/C21H27NO5S/c1-2-12-27-21(26)17-15-10-4-3-5-11-16(15)28-19(17)22-18(23)13-8-6-7-9-14(13)20(24)25/h6-7,13-14H,2-5,8-12H2,1H3,(H,22,23)(H,24,25)/t13-,14+/m1/s1. The van der Waals surface area contributed by atoms with Crippen molar-refractivity contribution in [3.63, 3.8) is 0 Å². The third kappa shape index (κ3) is 4.46. The van der Waals surface area contributed by atoms with Gasteiger partial charge in [0, 0.05) is 4.88 Å². The monoisotopic (exact) mass is 405 g/mol. The number of carboxylic acid groups (broad SMARTS) is 1. The Morgan fingerprint density at radius 3 is 2.57 bits per heavy atom. The lowest BCUT2D eigenvalue weighted by Crippen LogP contribution is -2.34. The van der Waals surface area contributed by atoms with E-state index in [4.69, 9.17) is 4.74 Å². The van der Waals surface area contributed by atoms with Gasteiger partial charge in [-0.25, -0.2) is 4.79 Å². The normalized spacial score (nSPS) is 21.5. The van der Waals surface area contributed by atoms with Crippen molar-refractivity contribution in [1.29, 1.82) is 0 Å². The molecule has 2 aliphatic carbocycles. The first kappa shape index (κ1) is 20.6. The summed E-state index contributed by atoms with van der Waals surface area (Å²) < 4.78 is 5.38. The van der Waals surface area contributed by atoms with Crippen molar-refractivity contribution in [2.45, 2.75) is 58.3 Å². The maximum atomic E-state index is 12.9. The Morgan fingerprint density at radius 2 is 1.86 bits per heavy atom. The summed E-state index contributed by atoms with van der Waals surface area (Å²) in [6, 6.07) is 0. The van der Waals surface area contributed by atoms with Gasteiger partial charge in [0.1, 0.15) is 5.00 Å². The van der Waals surface area contributed by atoms with Gasteiger partial charge in [-0.3, -0.25) is 9.59 Å². The number of nitrogens with one attached hydrogen (secondary N) is 1. The second-order valence-electron chi connectivity index (χ2n) is 7.39. The van der Waals surface area contributed by atoms with Gasteiger partial charge in [0.2, 0.25) is 5.91 Å². The quantitative estimate of drug-likeness (QED) is 0.421. The Kier molecular flexibility index (Phi) is 6.88. The van der Waals surface area contributed by atoms with Gasteiger partial charge in [0.15, 0.2) is 0 Å². The van der Waals surface area contributed by atoms with Crippen LogP contribution in [0.5, 0.6) is 0 Å². The fourth-order valence-corrected chi connectivity index (χ4v) is 5.18. The van der Waals surface area contributed by atoms with E-state index in [1.54, 1.807) is 0 Å². The molecule has 0 radical (unpaired) electrons. The number of anilines is 1. The summed E-state index contributed by atoms with van der Waals surface area (Å²) in [5.74, 6) is -3.07. The summed E-state index contributed by atoms with van der Waals surface area (Å²) >= 11 is 1.44. The Labute approximate surface area is 169 Å². The molecule has 1 aromatic rings. The van der Waals surface area contributed by atoms with Crippen LogP contribution in [0.4, 0.5) is 5.00 Å². The number of fused-ring (bicyclic) bond motifs is 1. The van der Waals surface area contributed by atoms with Crippen molar-refractivity contribution < 1.29 is 24.2 Å². The smallest absolute Gasteiger partial charge is 0.341 e. The SMILES string of the molecule is CCCOC(=O)c1c(NC(=O)[C@@H]2CC=CC[C@@H]2C(=O)O)sc2c1CCCCC2. The molecule has 0 unspecified atom stereocenters. The predicted molar refractivity (Wildman–Crippen MR) is 108 cm³/mol. The van der Waals surface area contributed by atoms with Crippen molar-refractivity contribution in [2.75, 3.05) is 11.9 Å². The van der Waals surface area contributed by atoms with Crippen LogP contribution in [0.2, 0.25) is 0 Å². The van der Waals surface area contributed by atoms with Crippen molar-refractivity contribution in [3.05, 3.63) is 28.2 Å². The number of rotatable bonds is 6. The molecule has 1 amide bonds. The molecule has 0 aromatic carbocycles. The molecule has 0 bridgehead atoms. The first-order valence-electron chi connectivity index (χ1n) is 10.0. The molecule has 7 heteroatoms. The van der Waals surface area contributed by atoms with Gasteiger partial charge >= 0.3 is 11.9 Å². The summed E-state index contributed by atoms with van der Waals surface area (Å²) in [7, 11) is 0. The number of aryl methyl sites for hydroxylation is 1. The molecule has 3 rings (SSSR count). The summed E-state index contributed by atoms with van der Waals surface area (Å²) in [4.78, 5) is 38.3. The van der Waals surface area contributed by atoms with Crippen LogP contribution >= 0.6 is 11.3 Å². The molecule has 0 spiro atoms. The third-order valence-corrected chi connectivity index (χ3v) is 6.59. The van der Waals surface area contributed by atoms with Crippen molar-refractivity contribution in [3.8, 4) is 0 Å². The van der Waals surface area contributed by atoms with Gasteiger partial charge in [-0.15, -0.1) is 11.3 Å². The van der Waals surface area contributed by atoms with Crippen molar-refractivity contribution in [1.82, 2.24) is 0 Å². The van der Waals surface area contributed by atoms with Gasteiger partial charge < -0.3 is 15.2 Å². The molecule has 1 aromatic heterocycles. The Bertz CT molecular complexity index is 782. The number of esters is 1. The molecule has 0 aliphatic heterocycles. The molecule has 2 atom stereocenters. The summed E-state index contributed by atoms with van der Waals surface area (Å²) in [5, 5.41) is 12.8. The van der Waals surface area contributed by atoms with E-state index in [2.05, 4.69) is 5.32 Å². The topological polar surface area (TPSA) is 92.7 Å². The first-order valence-corrected chi connectivity index (χ1v) is 10.8. The van der Waals surface area contributed by atoms with Crippen LogP contribution in [-0.4, -0.2) is 29.6 Å². The van der Waals surface area contributed by atoms with Gasteiger partial charge in [-0.2, -0.15) is 0 Å². The zero-order chi connectivity index (χ0) is 20.1. The Balaban J connectivity index is 1.88. The number of carboxylic acids is 1. The number of thiophene rings is 1. The van der Waals surface area contributed by atoms with Crippen LogP contribution in [0.3, 0.4) is 0 Å². The van der Waals surface area contributed by atoms with E-state index < -0.39 is 23.8 Å². The summed E-state index contributed by atoms with van der Waals surface area (Å²) in [5.41, 5.74) is 1.47. The molecule has 1 heterocycles. The van der Waals surface area contributed by atoms with Gasteiger partial charge in [0.25, 0.3) is 0 Å². The summed E-state index contributed by atoms with van der Waals surface area (Å²) in [6.45, 7) is 2.28. The second-order valence-corrected chi connectivity index (χ2v) is 8.49. The largest absolute Gasteiger partial charge is 0.481 e. The number of allylic oxidation sites excluding steroid dienone is 2. The van der Waals surface area contributed by atoms with Gasteiger partial charge in [0.05, 0.1) is 24.0 Å². The highest BCUT2D eigenvalue weighted by atomic mass is 32.1. The maximum absolute atomic E-state index is 12.9. The molecular formula is C21H27NO5S. The number of hydrogen-bond acceptors (Lipinski definition) is 5. The third-order valence-electron chi connectivity index (χ3n) is 5.39. The zero-order valence-electron chi connectivity index (χ0n) is 16.2. The number of aliphatic carboxylic acids is 1. The van der Waals surface area contributed by atoms with Crippen LogP contribution in [0.25, 0.3) is 0 Å². The highest BCUT2D eigenvalue weighted by Crippen LogP contribution is 2.39. The predicted octanol–water partition coefficient (Wildman–Crippen LogP) is 4.19. The maximum Gasteiger partial charge on any atom is 0.341 e. The van der Waals surface area contributed by atoms with E-state index in [9.17, 15) is 19.5 Å². The molecule has 0 fully saturated rings. The Morgan fingerprint density at radius 1 is 1.14 bits per heavy atom. The van der Waals surface area contributed by atoms with E-state index in [1.807, 2.05) is 19.1 Å². The fourth-order valence-electron chi connectivity index (χ4n) is 3.90. The van der Waals surface area contributed by atoms with Crippen LogP contribution < -0.4 is 5.32 Å². The van der Waals surface area contributed by atoms with E-state index in [-0.39, 0.29) is 5.91 Å². The number of carbonyl (C=O) groups is 3. The minimum atomic E-state index is -0.964. The molecule has 2 N–H and O–H groups in total. The lowest BCUT2D eigenvalue weighted by Gasteiger charge is -2.24. The average Bonchev–Trinajstić information content (AvgIpc) is 2.86. The van der Waals surface area contributed by atoms with Crippen molar-refractivity contribution in [2.24, 2.45) is 11.8 Å². The summed E-state index contributed by atoms with van der Waals surface area (Å²) in [6.07, 6.45) is 10.0. The van der Waals surface area contributed by atoms with Gasteiger partial charge in [-0.1, -0.05) is 25.5 Å². The zero-order valence-corrected chi connectivity index (χ0v) is 17.0. The fraction of sp³-hybridized carbons (Fsp3) is 0.571. The number of carbonyl (C=O) groups excluding carboxylic acids is 2. The minimum absolute atomic E-state index is 0.335. The molecule has 0 saturated heterocycles. The average molecular weight is 406 g/mol. The lowest BCUT2D eigenvalue weighted by atomic mass is 9.82. The van der Waals surface area contributed by atoms with Crippen LogP contribution in [0.1, 0.15) is 66.2 Å². The van der Waals surface area contributed by atoms with E-state index in [0.717, 1.165) is 49.0 Å².